The minimum atomic E-state index is -0.999. The van der Waals surface area contributed by atoms with Crippen LogP contribution >= 0.6 is 0 Å². The molecule has 0 spiro atoms. The average molecular weight is 225 g/mol. The Morgan fingerprint density at radius 1 is 1.38 bits per heavy atom. The van der Waals surface area contributed by atoms with Crippen LogP contribution < -0.4 is 0 Å². The van der Waals surface area contributed by atoms with Gasteiger partial charge in [-0.25, -0.2) is 9.48 Å². The molecule has 16 heavy (non-hydrogen) atoms. The third kappa shape index (κ3) is 2.23. The second-order valence-corrected chi connectivity index (χ2v) is 4.20. The van der Waals surface area contributed by atoms with E-state index in [-0.39, 0.29) is 17.7 Å². The number of hydrogen-bond acceptors (Lipinski definition) is 3. The molecule has 0 unspecified atom stereocenters. The zero-order chi connectivity index (χ0) is 12.3. The van der Waals surface area contributed by atoms with Crippen LogP contribution in [0.4, 0.5) is 0 Å². The van der Waals surface area contributed by atoms with E-state index < -0.39 is 5.97 Å². The maximum Gasteiger partial charge on any atom is 0.358 e. The maximum absolute atomic E-state index is 11.0. The first-order chi connectivity index (χ1) is 7.52. The molecule has 5 nitrogen and oxygen atoms in total. The Morgan fingerprint density at radius 3 is 2.31 bits per heavy atom. The van der Waals surface area contributed by atoms with E-state index in [1.807, 2.05) is 13.8 Å². The summed E-state index contributed by atoms with van der Waals surface area (Å²) >= 11 is 0. The predicted molar refractivity (Wildman–Crippen MR) is 60.7 cm³/mol. The first kappa shape index (κ1) is 12.7. The topological polar surface area (TPSA) is 68.0 Å². The number of nitrogens with zero attached hydrogens (tertiary/aromatic N) is 3. The standard InChI is InChI=1S/C11H19N3O2/c1-5-8(6-2)14-10(7(3)4)9(11(15)16)12-13-14/h7-8H,5-6H2,1-4H3,(H,15,16). The van der Waals surface area contributed by atoms with Gasteiger partial charge in [-0.15, -0.1) is 5.10 Å². The summed E-state index contributed by atoms with van der Waals surface area (Å²) in [5.74, 6) is -0.886. The molecule has 0 aliphatic heterocycles. The Morgan fingerprint density at radius 2 is 1.94 bits per heavy atom. The van der Waals surface area contributed by atoms with E-state index in [4.69, 9.17) is 5.11 Å². The van der Waals surface area contributed by atoms with Crippen LogP contribution in [0.15, 0.2) is 0 Å². The molecule has 0 fully saturated rings. The highest BCUT2D eigenvalue weighted by molar-refractivity contribution is 5.86. The first-order valence-corrected chi connectivity index (χ1v) is 5.71. The van der Waals surface area contributed by atoms with Gasteiger partial charge in [-0.1, -0.05) is 32.9 Å². The van der Waals surface area contributed by atoms with Gasteiger partial charge in [-0.3, -0.25) is 0 Å². The molecule has 1 heterocycles. The highest BCUT2D eigenvalue weighted by Gasteiger charge is 2.24. The minimum Gasteiger partial charge on any atom is -0.476 e. The number of aromatic nitrogens is 3. The fourth-order valence-electron chi connectivity index (χ4n) is 1.90. The van der Waals surface area contributed by atoms with Crippen molar-refractivity contribution in [3.8, 4) is 0 Å². The van der Waals surface area contributed by atoms with Crippen molar-refractivity contribution >= 4 is 5.97 Å². The molecule has 0 radical (unpaired) electrons. The summed E-state index contributed by atoms with van der Waals surface area (Å²) in [5, 5.41) is 16.8. The Kier molecular flexibility index (Phi) is 4.04. The number of carboxylic acid groups (broad SMARTS) is 1. The Labute approximate surface area is 95.5 Å². The third-order valence-corrected chi connectivity index (χ3v) is 2.77. The molecular formula is C11H19N3O2. The molecule has 1 aromatic heterocycles. The molecule has 5 heteroatoms. The van der Waals surface area contributed by atoms with Gasteiger partial charge in [0.2, 0.25) is 0 Å². The van der Waals surface area contributed by atoms with Gasteiger partial charge in [0.05, 0.1) is 11.7 Å². The molecule has 0 atom stereocenters. The molecular weight excluding hydrogens is 206 g/mol. The van der Waals surface area contributed by atoms with Crippen molar-refractivity contribution in [2.24, 2.45) is 0 Å². The van der Waals surface area contributed by atoms with Crippen LogP contribution in [0.5, 0.6) is 0 Å². The lowest BCUT2D eigenvalue weighted by Gasteiger charge is -2.17. The summed E-state index contributed by atoms with van der Waals surface area (Å²) in [6.07, 6.45) is 1.86. The predicted octanol–water partition coefficient (Wildman–Crippen LogP) is 2.46. The highest BCUT2D eigenvalue weighted by atomic mass is 16.4. The van der Waals surface area contributed by atoms with Gasteiger partial charge in [0.15, 0.2) is 5.69 Å². The number of hydrogen-bond donors (Lipinski definition) is 1. The monoisotopic (exact) mass is 225 g/mol. The van der Waals surface area contributed by atoms with E-state index in [9.17, 15) is 4.79 Å². The summed E-state index contributed by atoms with van der Waals surface area (Å²) in [4.78, 5) is 11.0. The molecule has 0 saturated heterocycles. The van der Waals surface area contributed by atoms with Crippen molar-refractivity contribution in [1.29, 1.82) is 0 Å². The lowest BCUT2D eigenvalue weighted by Crippen LogP contribution is -2.15. The molecule has 0 aliphatic rings. The van der Waals surface area contributed by atoms with Crippen molar-refractivity contribution in [2.45, 2.75) is 52.5 Å². The Balaban J connectivity index is 3.24. The fourth-order valence-corrected chi connectivity index (χ4v) is 1.90. The molecule has 0 aliphatic carbocycles. The first-order valence-electron chi connectivity index (χ1n) is 5.71. The van der Waals surface area contributed by atoms with Gasteiger partial charge in [-0.05, 0) is 18.8 Å². The van der Waals surface area contributed by atoms with Gasteiger partial charge in [0, 0.05) is 0 Å². The van der Waals surface area contributed by atoms with Gasteiger partial charge in [0.25, 0.3) is 0 Å². The summed E-state index contributed by atoms with van der Waals surface area (Å²) < 4.78 is 1.77. The summed E-state index contributed by atoms with van der Waals surface area (Å²) in [6.45, 7) is 8.06. The molecule has 0 saturated carbocycles. The lowest BCUT2D eigenvalue weighted by atomic mass is 10.1. The smallest absolute Gasteiger partial charge is 0.358 e. The Bertz CT molecular complexity index is 367. The third-order valence-electron chi connectivity index (χ3n) is 2.77. The number of aromatic carboxylic acids is 1. The molecule has 90 valence electrons. The van der Waals surface area contributed by atoms with Crippen LogP contribution in [-0.4, -0.2) is 26.1 Å². The van der Waals surface area contributed by atoms with Crippen molar-refractivity contribution < 1.29 is 9.90 Å². The Hall–Kier alpha value is -1.39. The zero-order valence-corrected chi connectivity index (χ0v) is 10.3. The second kappa shape index (κ2) is 5.09. The molecule has 0 amide bonds. The summed E-state index contributed by atoms with van der Waals surface area (Å²) in [5.41, 5.74) is 0.808. The minimum absolute atomic E-state index is 0.0851. The van der Waals surface area contributed by atoms with Crippen molar-refractivity contribution in [3.05, 3.63) is 11.4 Å². The number of rotatable bonds is 5. The van der Waals surface area contributed by atoms with Crippen LogP contribution in [0.1, 0.15) is 68.7 Å². The van der Waals surface area contributed by atoms with Gasteiger partial charge in [-0.2, -0.15) is 0 Å². The summed E-state index contributed by atoms with van der Waals surface area (Å²) in [6, 6.07) is 0.234. The quantitative estimate of drug-likeness (QED) is 0.835. The van der Waals surface area contributed by atoms with E-state index >= 15 is 0 Å². The maximum atomic E-state index is 11.0. The second-order valence-electron chi connectivity index (χ2n) is 4.20. The lowest BCUT2D eigenvalue weighted by molar-refractivity contribution is 0.0688. The van der Waals surface area contributed by atoms with Crippen molar-refractivity contribution in [3.63, 3.8) is 0 Å². The SMILES string of the molecule is CCC(CC)n1nnc(C(=O)O)c1C(C)C. The van der Waals surface area contributed by atoms with E-state index in [1.54, 1.807) is 4.68 Å². The van der Waals surface area contributed by atoms with Crippen molar-refractivity contribution in [2.75, 3.05) is 0 Å². The molecule has 1 rings (SSSR count). The van der Waals surface area contributed by atoms with E-state index in [0.29, 0.717) is 0 Å². The summed E-state index contributed by atoms with van der Waals surface area (Å²) in [7, 11) is 0. The van der Waals surface area contributed by atoms with E-state index in [2.05, 4.69) is 24.2 Å². The average Bonchev–Trinajstić information content (AvgIpc) is 2.64. The fraction of sp³-hybridized carbons (Fsp3) is 0.727. The van der Waals surface area contributed by atoms with Gasteiger partial charge >= 0.3 is 5.97 Å². The molecule has 1 N–H and O–H groups in total. The normalized spacial score (nSPS) is 11.4. The number of carbonyl (C=O) groups is 1. The van der Waals surface area contributed by atoms with Crippen LogP contribution in [0.3, 0.4) is 0 Å². The van der Waals surface area contributed by atoms with E-state index in [0.717, 1.165) is 18.5 Å². The van der Waals surface area contributed by atoms with Crippen LogP contribution in [-0.2, 0) is 0 Å². The van der Waals surface area contributed by atoms with E-state index in [1.165, 1.54) is 0 Å². The van der Waals surface area contributed by atoms with Gasteiger partial charge < -0.3 is 5.11 Å². The van der Waals surface area contributed by atoms with Crippen molar-refractivity contribution in [1.82, 2.24) is 15.0 Å². The molecule has 0 bridgehead atoms. The highest BCUT2D eigenvalue weighted by Crippen LogP contribution is 2.24. The molecule has 1 aromatic rings. The van der Waals surface area contributed by atoms with Crippen LogP contribution in [0.2, 0.25) is 0 Å². The van der Waals surface area contributed by atoms with Gasteiger partial charge in [0.1, 0.15) is 0 Å². The zero-order valence-electron chi connectivity index (χ0n) is 10.3. The van der Waals surface area contributed by atoms with Crippen LogP contribution in [0, 0.1) is 0 Å². The molecule has 0 aromatic carbocycles. The largest absolute Gasteiger partial charge is 0.476 e. The van der Waals surface area contributed by atoms with Crippen LogP contribution in [0.25, 0.3) is 0 Å². The number of carboxylic acids is 1.